The molecule has 7 rings (SSSR count). The number of alkyl halides is 6. The first-order valence-corrected chi connectivity index (χ1v) is 15.5. The van der Waals surface area contributed by atoms with E-state index in [-0.39, 0.29) is 24.7 Å². The highest BCUT2D eigenvalue weighted by atomic mass is 19.4. The van der Waals surface area contributed by atoms with Gasteiger partial charge < -0.3 is 19.5 Å². The number of hydrogen-bond donors (Lipinski definition) is 1. The molecule has 0 saturated carbocycles. The molecule has 0 unspecified atom stereocenters. The lowest BCUT2D eigenvalue weighted by Crippen LogP contribution is -2.09. The van der Waals surface area contributed by atoms with Gasteiger partial charge in [0.05, 0.1) is 22.5 Å². The van der Waals surface area contributed by atoms with Gasteiger partial charge in [0, 0.05) is 0 Å². The van der Waals surface area contributed by atoms with E-state index in [1.807, 2.05) is 12.1 Å². The SMILES string of the molecule is FC(F)(F)c1ccc(-c2ccc3c(c2)Nc2cc(-c4ccc(C(F)(F)F)c(OCc5ccccc5)c4)ccc2O3)cc1OCc1ccccc1. The minimum Gasteiger partial charge on any atom is -0.488 e. The van der Waals surface area contributed by atoms with Crippen LogP contribution in [0.3, 0.4) is 0 Å². The Kier molecular flexibility index (Phi) is 8.61. The Hall–Kier alpha value is -5.90. The molecule has 0 aromatic heterocycles. The van der Waals surface area contributed by atoms with E-state index in [4.69, 9.17) is 14.2 Å². The van der Waals surface area contributed by atoms with E-state index in [1.165, 1.54) is 24.3 Å². The van der Waals surface area contributed by atoms with E-state index < -0.39 is 23.5 Å². The van der Waals surface area contributed by atoms with Crippen LogP contribution in [0.25, 0.3) is 22.3 Å². The number of fused-ring (bicyclic) bond motifs is 2. The molecule has 6 aromatic rings. The van der Waals surface area contributed by atoms with Gasteiger partial charge in [0.25, 0.3) is 0 Å². The minimum atomic E-state index is -4.61. The van der Waals surface area contributed by atoms with Gasteiger partial charge in [-0.05, 0) is 81.9 Å². The van der Waals surface area contributed by atoms with Crippen molar-refractivity contribution in [3.63, 3.8) is 0 Å². The molecule has 0 fully saturated rings. The first kappa shape index (κ1) is 32.6. The topological polar surface area (TPSA) is 39.7 Å². The van der Waals surface area contributed by atoms with E-state index >= 15 is 0 Å². The predicted octanol–water partition coefficient (Wildman–Crippen LogP) is 12.1. The predicted molar refractivity (Wildman–Crippen MR) is 179 cm³/mol. The summed E-state index contributed by atoms with van der Waals surface area (Å²) < 4.78 is 101. The Labute approximate surface area is 283 Å². The second-order valence-corrected chi connectivity index (χ2v) is 11.6. The van der Waals surface area contributed by atoms with Crippen LogP contribution in [-0.2, 0) is 25.6 Å². The molecule has 1 aliphatic rings. The fourth-order valence-electron chi connectivity index (χ4n) is 5.64. The van der Waals surface area contributed by atoms with Crippen LogP contribution in [0.2, 0.25) is 0 Å². The maximum atomic E-state index is 13.9. The molecule has 0 saturated heterocycles. The summed E-state index contributed by atoms with van der Waals surface area (Å²) in [6.07, 6.45) is -9.22. The van der Waals surface area contributed by atoms with E-state index in [2.05, 4.69) is 5.32 Å². The first-order chi connectivity index (χ1) is 24.0. The fraction of sp³-hybridized carbons (Fsp3) is 0.100. The molecular formula is C40H27F6NO3. The zero-order valence-corrected chi connectivity index (χ0v) is 26.1. The second kappa shape index (κ2) is 13.2. The van der Waals surface area contributed by atoms with Gasteiger partial charge in [-0.3, -0.25) is 0 Å². The number of benzene rings is 6. The van der Waals surface area contributed by atoms with E-state index in [0.29, 0.717) is 45.1 Å². The average molecular weight is 684 g/mol. The minimum absolute atomic E-state index is 0.0361. The highest BCUT2D eigenvalue weighted by molar-refractivity contribution is 5.83. The summed E-state index contributed by atoms with van der Waals surface area (Å²) in [5.74, 6) is 0.402. The zero-order valence-electron chi connectivity index (χ0n) is 26.1. The van der Waals surface area contributed by atoms with Crippen molar-refractivity contribution in [3.8, 4) is 45.3 Å². The monoisotopic (exact) mass is 683 g/mol. The zero-order chi connectivity index (χ0) is 34.9. The van der Waals surface area contributed by atoms with Crippen LogP contribution in [-0.4, -0.2) is 0 Å². The van der Waals surface area contributed by atoms with Crippen molar-refractivity contribution < 1.29 is 40.6 Å². The van der Waals surface area contributed by atoms with Gasteiger partial charge in [-0.25, -0.2) is 0 Å². The third kappa shape index (κ3) is 7.10. The molecule has 10 heteroatoms. The van der Waals surface area contributed by atoms with Crippen LogP contribution in [0.4, 0.5) is 37.7 Å². The molecular weight excluding hydrogens is 656 g/mol. The van der Waals surface area contributed by atoms with Crippen LogP contribution in [0.15, 0.2) is 133 Å². The van der Waals surface area contributed by atoms with Gasteiger partial charge in [-0.15, -0.1) is 0 Å². The quantitative estimate of drug-likeness (QED) is 0.162. The summed E-state index contributed by atoms with van der Waals surface area (Å²) >= 11 is 0. The summed E-state index contributed by atoms with van der Waals surface area (Å²) in [4.78, 5) is 0. The molecule has 0 atom stereocenters. The standard InChI is InChI=1S/C40H27F6NO3/c41-39(42,43)31-15-11-29(21-37(31)48-23-25-7-3-1-4-8-25)27-13-17-35-33(19-27)47-34-20-28(14-18-36(34)50-35)30-12-16-32(40(44,45)46)38(22-30)49-24-26-9-5-2-6-10-26/h1-22,47H,23-24H2. The average Bonchev–Trinajstić information content (AvgIpc) is 3.11. The van der Waals surface area contributed by atoms with Crippen LogP contribution in [0.5, 0.6) is 23.0 Å². The Morgan fingerprint density at radius 2 is 0.840 bits per heavy atom. The normalized spacial score (nSPS) is 12.3. The summed E-state index contributed by atoms with van der Waals surface area (Å²) in [7, 11) is 0. The van der Waals surface area contributed by atoms with Crippen LogP contribution in [0, 0.1) is 0 Å². The maximum Gasteiger partial charge on any atom is 0.419 e. The van der Waals surface area contributed by atoms with Gasteiger partial charge in [0.2, 0.25) is 0 Å². The molecule has 6 aromatic carbocycles. The van der Waals surface area contributed by atoms with Crippen molar-refractivity contribution in [3.05, 3.63) is 156 Å². The molecule has 0 radical (unpaired) electrons. The smallest absolute Gasteiger partial charge is 0.419 e. The molecule has 0 aliphatic carbocycles. The summed E-state index contributed by atoms with van der Waals surface area (Å²) in [6.45, 7) is -0.0721. The number of halogens is 6. The van der Waals surface area contributed by atoms with Gasteiger partial charge in [-0.2, -0.15) is 26.3 Å². The van der Waals surface area contributed by atoms with E-state index in [0.717, 1.165) is 23.3 Å². The van der Waals surface area contributed by atoms with Crippen LogP contribution >= 0.6 is 0 Å². The second-order valence-electron chi connectivity index (χ2n) is 11.6. The summed E-state index contributed by atoms with van der Waals surface area (Å²) in [6, 6.07) is 35.7. The van der Waals surface area contributed by atoms with Crippen molar-refractivity contribution in [1.29, 1.82) is 0 Å². The van der Waals surface area contributed by atoms with Gasteiger partial charge >= 0.3 is 12.4 Å². The van der Waals surface area contributed by atoms with Crippen molar-refractivity contribution in [2.45, 2.75) is 25.6 Å². The number of nitrogens with one attached hydrogen (secondary N) is 1. The Morgan fingerprint density at radius 3 is 1.24 bits per heavy atom. The van der Waals surface area contributed by atoms with Crippen molar-refractivity contribution in [2.24, 2.45) is 0 Å². The Bertz CT molecular complexity index is 2000. The molecule has 1 heterocycles. The lowest BCUT2D eigenvalue weighted by Gasteiger charge is -2.23. The molecule has 4 nitrogen and oxygen atoms in total. The molecule has 252 valence electrons. The molecule has 0 spiro atoms. The number of anilines is 2. The molecule has 1 aliphatic heterocycles. The number of ether oxygens (including phenoxy) is 3. The number of hydrogen-bond acceptors (Lipinski definition) is 4. The third-order valence-electron chi connectivity index (χ3n) is 8.16. The summed E-state index contributed by atoms with van der Waals surface area (Å²) in [5, 5.41) is 3.31. The highest BCUT2D eigenvalue weighted by Crippen LogP contribution is 2.47. The maximum absolute atomic E-state index is 13.9. The van der Waals surface area contributed by atoms with Crippen molar-refractivity contribution in [2.75, 3.05) is 5.32 Å². The molecule has 0 bridgehead atoms. The van der Waals surface area contributed by atoms with Gasteiger partial charge in [0.1, 0.15) is 24.7 Å². The lowest BCUT2D eigenvalue weighted by molar-refractivity contribution is -0.139. The highest BCUT2D eigenvalue weighted by Gasteiger charge is 2.35. The molecule has 1 N–H and O–H groups in total. The molecule has 50 heavy (non-hydrogen) atoms. The largest absolute Gasteiger partial charge is 0.488 e. The first-order valence-electron chi connectivity index (χ1n) is 15.5. The van der Waals surface area contributed by atoms with Gasteiger partial charge in [-0.1, -0.05) is 84.9 Å². The van der Waals surface area contributed by atoms with Crippen molar-refractivity contribution >= 4 is 11.4 Å². The lowest BCUT2D eigenvalue weighted by atomic mass is 10.00. The Morgan fingerprint density at radius 1 is 0.460 bits per heavy atom. The van der Waals surface area contributed by atoms with E-state index in [1.54, 1.807) is 84.9 Å². The van der Waals surface area contributed by atoms with Crippen molar-refractivity contribution in [1.82, 2.24) is 0 Å². The third-order valence-corrected chi connectivity index (χ3v) is 8.16. The molecule has 0 amide bonds. The Balaban J connectivity index is 1.16. The van der Waals surface area contributed by atoms with Gasteiger partial charge in [0.15, 0.2) is 11.5 Å². The summed E-state index contributed by atoms with van der Waals surface area (Å²) in [5.41, 5.74) is 3.02. The van der Waals surface area contributed by atoms with Crippen LogP contribution < -0.4 is 19.5 Å². The van der Waals surface area contributed by atoms with Crippen LogP contribution in [0.1, 0.15) is 22.3 Å². The van der Waals surface area contributed by atoms with E-state index in [9.17, 15) is 26.3 Å². The number of rotatable bonds is 8. The fourth-order valence-corrected chi connectivity index (χ4v) is 5.64.